The molecule has 0 bridgehead atoms. The number of carbonyl (C=O) groups is 1. The summed E-state index contributed by atoms with van der Waals surface area (Å²) < 4.78 is 15.7. The molecule has 0 aromatic heterocycles. The molecule has 6 heteroatoms. The van der Waals surface area contributed by atoms with Crippen LogP contribution in [0.4, 0.5) is 0 Å². The predicted molar refractivity (Wildman–Crippen MR) is 63.0 cm³/mol. The highest BCUT2D eigenvalue weighted by Gasteiger charge is 2.30. The van der Waals surface area contributed by atoms with Crippen molar-refractivity contribution in [2.45, 2.75) is 13.0 Å². The molecule has 1 aromatic rings. The molecule has 0 N–H and O–H groups in total. The monoisotopic (exact) mass is 276 g/mol. The molecule has 92 valence electrons. The first-order valence-electron chi connectivity index (χ1n) is 5.07. The van der Waals surface area contributed by atoms with E-state index in [0.29, 0.717) is 10.8 Å². The molecular weight excluding hydrogens is 267 g/mol. The Bertz CT molecular complexity index is 447. The fourth-order valence-electron chi connectivity index (χ4n) is 1.43. The lowest BCUT2D eigenvalue weighted by Gasteiger charge is -2.25. The highest BCUT2D eigenvalue weighted by atomic mass is 35.5. The number of esters is 1. The Morgan fingerprint density at radius 2 is 2.29 bits per heavy atom. The number of carbonyl (C=O) groups excluding carboxylic acids is 1. The van der Waals surface area contributed by atoms with Crippen molar-refractivity contribution in [3.8, 4) is 11.5 Å². The summed E-state index contributed by atoms with van der Waals surface area (Å²) in [6, 6.07) is 3.25. The van der Waals surface area contributed by atoms with Crippen molar-refractivity contribution >= 4 is 29.2 Å². The van der Waals surface area contributed by atoms with Crippen LogP contribution in [0, 0.1) is 0 Å². The molecule has 0 saturated carbocycles. The van der Waals surface area contributed by atoms with Crippen molar-refractivity contribution in [2.24, 2.45) is 0 Å². The van der Waals surface area contributed by atoms with Crippen LogP contribution in [0.15, 0.2) is 12.1 Å². The fourth-order valence-corrected chi connectivity index (χ4v) is 1.78. The molecule has 1 atom stereocenters. The van der Waals surface area contributed by atoms with Crippen LogP contribution in [-0.4, -0.2) is 25.3 Å². The van der Waals surface area contributed by atoms with E-state index in [1.807, 2.05) is 0 Å². The van der Waals surface area contributed by atoms with Gasteiger partial charge in [0.2, 0.25) is 6.10 Å². The molecule has 1 aromatic carbocycles. The van der Waals surface area contributed by atoms with Crippen LogP contribution in [0.1, 0.15) is 6.92 Å². The first kappa shape index (κ1) is 12.3. The number of halogens is 2. The third-order valence-corrected chi connectivity index (χ3v) is 3.00. The Morgan fingerprint density at radius 3 is 3.00 bits per heavy atom. The number of hydrogen-bond donors (Lipinski definition) is 0. The maximum atomic E-state index is 11.5. The molecule has 0 aliphatic carbocycles. The zero-order chi connectivity index (χ0) is 12.4. The van der Waals surface area contributed by atoms with Crippen LogP contribution in [0.5, 0.6) is 11.5 Å². The van der Waals surface area contributed by atoms with Crippen molar-refractivity contribution < 1.29 is 19.0 Å². The first-order chi connectivity index (χ1) is 8.13. The maximum Gasteiger partial charge on any atom is 0.350 e. The smallest absolute Gasteiger partial charge is 0.350 e. The number of hydrogen-bond acceptors (Lipinski definition) is 4. The van der Waals surface area contributed by atoms with E-state index in [2.05, 4.69) is 0 Å². The molecule has 0 amide bonds. The van der Waals surface area contributed by atoms with E-state index in [1.165, 1.54) is 0 Å². The third kappa shape index (κ3) is 2.42. The average molecular weight is 277 g/mol. The highest BCUT2D eigenvalue weighted by Crippen LogP contribution is 2.42. The van der Waals surface area contributed by atoms with Gasteiger partial charge >= 0.3 is 5.97 Å². The average Bonchev–Trinajstić information content (AvgIpc) is 2.34. The molecule has 17 heavy (non-hydrogen) atoms. The predicted octanol–water partition coefficient (Wildman–Crippen LogP) is 2.70. The maximum absolute atomic E-state index is 11.5. The molecule has 1 unspecified atom stereocenters. The van der Waals surface area contributed by atoms with Crippen LogP contribution in [0.3, 0.4) is 0 Å². The lowest BCUT2D eigenvalue weighted by molar-refractivity contribution is -0.153. The third-order valence-electron chi connectivity index (χ3n) is 2.21. The number of benzene rings is 1. The SMILES string of the molecule is CCOC(=O)C1COc2ccc(Cl)c(Cl)c2O1. The Morgan fingerprint density at radius 1 is 1.53 bits per heavy atom. The zero-order valence-electron chi connectivity index (χ0n) is 9.04. The van der Waals surface area contributed by atoms with Crippen molar-refractivity contribution in [1.29, 1.82) is 0 Å². The minimum absolute atomic E-state index is 0.101. The molecule has 1 heterocycles. The molecule has 0 fully saturated rings. The summed E-state index contributed by atoms with van der Waals surface area (Å²) in [4.78, 5) is 11.5. The number of fused-ring (bicyclic) bond motifs is 1. The minimum atomic E-state index is -0.807. The van der Waals surface area contributed by atoms with Crippen molar-refractivity contribution in [3.05, 3.63) is 22.2 Å². The van der Waals surface area contributed by atoms with Crippen LogP contribution in [0.2, 0.25) is 10.0 Å². The van der Waals surface area contributed by atoms with Crippen molar-refractivity contribution in [1.82, 2.24) is 0 Å². The van der Waals surface area contributed by atoms with Gasteiger partial charge in [-0.3, -0.25) is 0 Å². The van der Waals surface area contributed by atoms with Gasteiger partial charge in [-0.2, -0.15) is 0 Å². The van der Waals surface area contributed by atoms with Gasteiger partial charge in [-0.25, -0.2) is 4.79 Å². The second kappa shape index (κ2) is 5.02. The summed E-state index contributed by atoms with van der Waals surface area (Å²) in [6.07, 6.45) is -0.807. The van der Waals surface area contributed by atoms with E-state index in [9.17, 15) is 4.79 Å². The Kier molecular flexibility index (Phi) is 3.64. The quantitative estimate of drug-likeness (QED) is 0.780. The van der Waals surface area contributed by atoms with Crippen molar-refractivity contribution in [3.63, 3.8) is 0 Å². The van der Waals surface area contributed by atoms with Gasteiger partial charge in [0.15, 0.2) is 11.5 Å². The first-order valence-corrected chi connectivity index (χ1v) is 5.83. The molecular formula is C11H10Cl2O4. The fraction of sp³-hybridized carbons (Fsp3) is 0.364. The van der Waals surface area contributed by atoms with Gasteiger partial charge < -0.3 is 14.2 Å². The molecule has 4 nitrogen and oxygen atoms in total. The van der Waals surface area contributed by atoms with E-state index < -0.39 is 12.1 Å². The van der Waals surface area contributed by atoms with Crippen LogP contribution in [-0.2, 0) is 9.53 Å². The van der Waals surface area contributed by atoms with E-state index >= 15 is 0 Å². The van der Waals surface area contributed by atoms with E-state index in [4.69, 9.17) is 37.4 Å². The van der Waals surface area contributed by atoms with Gasteiger partial charge in [-0.1, -0.05) is 23.2 Å². The molecule has 0 radical (unpaired) electrons. The summed E-state index contributed by atoms with van der Waals surface area (Å²) in [5, 5.41) is 0.580. The highest BCUT2D eigenvalue weighted by molar-refractivity contribution is 6.43. The summed E-state index contributed by atoms with van der Waals surface area (Å²) in [6.45, 7) is 2.11. The summed E-state index contributed by atoms with van der Waals surface area (Å²) >= 11 is 11.8. The van der Waals surface area contributed by atoms with E-state index in [-0.39, 0.29) is 24.0 Å². The lowest BCUT2D eigenvalue weighted by Crippen LogP contribution is -2.37. The minimum Gasteiger partial charge on any atom is -0.485 e. The number of rotatable bonds is 2. The Balaban J connectivity index is 2.23. The Hall–Kier alpha value is -1.13. The van der Waals surface area contributed by atoms with Gasteiger partial charge in [-0.05, 0) is 19.1 Å². The van der Waals surface area contributed by atoms with E-state index in [0.717, 1.165) is 0 Å². The standard InChI is InChI=1S/C11H10Cl2O4/c1-2-15-11(14)8-5-16-7-4-3-6(12)9(13)10(7)17-8/h3-4,8H,2,5H2,1H3. The van der Waals surface area contributed by atoms with Gasteiger partial charge in [0, 0.05) is 0 Å². The van der Waals surface area contributed by atoms with Gasteiger partial charge in [0.1, 0.15) is 11.6 Å². The van der Waals surface area contributed by atoms with E-state index in [1.54, 1.807) is 19.1 Å². The van der Waals surface area contributed by atoms with Gasteiger partial charge in [0.05, 0.1) is 11.6 Å². The molecule has 0 saturated heterocycles. The topological polar surface area (TPSA) is 44.8 Å². The zero-order valence-corrected chi connectivity index (χ0v) is 10.5. The van der Waals surface area contributed by atoms with Crippen LogP contribution >= 0.6 is 23.2 Å². The summed E-state index contributed by atoms with van der Waals surface area (Å²) in [5.41, 5.74) is 0. The summed E-state index contributed by atoms with van der Waals surface area (Å²) in [7, 11) is 0. The molecule has 1 aliphatic rings. The second-order valence-corrected chi connectivity index (χ2v) is 4.14. The lowest BCUT2D eigenvalue weighted by atomic mass is 10.2. The van der Waals surface area contributed by atoms with Gasteiger partial charge in [-0.15, -0.1) is 0 Å². The molecule has 1 aliphatic heterocycles. The largest absolute Gasteiger partial charge is 0.485 e. The number of ether oxygens (including phenoxy) is 3. The van der Waals surface area contributed by atoms with Crippen molar-refractivity contribution in [2.75, 3.05) is 13.2 Å². The second-order valence-electron chi connectivity index (χ2n) is 3.36. The normalized spacial score (nSPS) is 17.7. The van der Waals surface area contributed by atoms with Gasteiger partial charge in [0.25, 0.3) is 0 Å². The van der Waals surface area contributed by atoms with Crippen LogP contribution < -0.4 is 9.47 Å². The van der Waals surface area contributed by atoms with Crippen LogP contribution in [0.25, 0.3) is 0 Å². The Labute approximate surface area is 108 Å². The summed E-state index contributed by atoms with van der Waals surface area (Å²) in [5.74, 6) is 0.276. The molecule has 0 spiro atoms. The molecule has 2 rings (SSSR count).